The normalized spacial score (nSPS) is 29.8. The number of hydrogen-bond donors (Lipinski definition) is 1. The molecule has 0 spiro atoms. The SMILES string of the molecule is Cn1cc(CNC2CCOC2C2CC2)nn1. The van der Waals surface area contributed by atoms with E-state index in [1.165, 1.54) is 12.8 Å². The van der Waals surface area contributed by atoms with Gasteiger partial charge in [0.05, 0.1) is 11.8 Å². The predicted octanol–water partition coefficient (Wildman–Crippen LogP) is 0.472. The number of aryl methyl sites for hydroxylation is 1. The largest absolute Gasteiger partial charge is 0.376 e. The summed E-state index contributed by atoms with van der Waals surface area (Å²) in [5.74, 6) is 0.807. The molecular weight excluding hydrogens is 204 g/mol. The third-order valence-corrected chi connectivity index (χ3v) is 3.42. The fourth-order valence-electron chi connectivity index (χ4n) is 2.43. The quantitative estimate of drug-likeness (QED) is 0.804. The summed E-state index contributed by atoms with van der Waals surface area (Å²) in [6.07, 6.45) is 6.20. The summed E-state index contributed by atoms with van der Waals surface area (Å²) in [6.45, 7) is 1.70. The van der Waals surface area contributed by atoms with Crippen molar-refractivity contribution >= 4 is 0 Å². The average Bonchev–Trinajstić information content (AvgIpc) is 2.86. The van der Waals surface area contributed by atoms with Crippen LogP contribution in [0.15, 0.2) is 6.20 Å². The van der Waals surface area contributed by atoms with Crippen molar-refractivity contribution in [3.05, 3.63) is 11.9 Å². The molecule has 0 aromatic carbocycles. The highest BCUT2D eigenvalue weighted by molar-refractivity contribution is 4.97. The van der Waals surface area contributed by atoms with Crippen molar-refractivity contribution in [3.8, 4) is 0 Å². The molecule has 16 heavy (non-hydrogen) atoms. The number of ether oxygens (including phenoxy) is 1. The topological polar surface area (TPSA) is 52.0 Å². The Morgan fingerprint density at radius 2 is 2.38 bits per heavy atom. The second-order valence-electron chi connectivity index (χ2n) is 4.83. The Morgan fingerprint density at radius 1 is 1.50 bits per heavy atom. The van der Waals surface area contributed by atoms with E-state index in [1.54, 1.807) is 4.68 Å². The maximum Gasteiger partial charge on any atom is 0.0964 e. The van der Waals surface area contributed by atoms with E-state index in [2.05, 4.69) is 15.6 Å². The Bertz CT molecular complexity index is 361. The Kier molecular flexibility index (Phi) is 2.65. The number of rotatable bonds is 4. The smallest absolute Gasteiger partial charge is 0.0964 e. The van der Waals surface area contributed by atoms with Gasteiger partial charge in [0.2, 0.25) is 0 Å². The maximum absolute atomic E-state index is 5.78. The Hall–Kier alpha value is -0.940. The molecule has 2 aliphatic rings. The monoisotopic (exact) mass is 222 g/mol. The van der Waals surface area contributed by atoms with E-state index in [0.717, 1.165) is 31.2 Å². The molecule has 2 atom stereocenters. The van der Waals surface area contributed by atoms with Gasteiger partial charge < -0.3 is 10.1 Å². The molecule has 1 saturated carbocycles. The molecule has 1 aromatic rings. The zero-order chi connectivity index (χ0) is 11.0. The lowest BCUT2D eigenvalue weighted by Crippen LogP contribution is -2.37. The molecule has 2 unspecified atom stereocenters. The van der Waals surface area contributed by atoms with Gasteiger partial charge in [0.1, 0.15) is 0 Å². The van der Waals surface area contributed by atoms with Crippen LogP contribution in [0.25, 0.3) is 0 Å². The van der Waals surface area contributed by atoms with Crippen LogP contribution in [0.3, 0.4) is 0 Å². The van der Waals surface area contributed by atoms with Gasteiger partial charge in [0, 0.05) is 32.4 Å². The fourth-order valence-corrected chi connectivity index (χ4v) is 2.43. The van der Waals surface area contributed by atoms with E-state index in [-0.39, 0.29) is 0 Å². The molecule has 1 N–H and O–H groups in total. The number of nitrogens with one attached hydrogen (secondary N) is 1. The van der Waals surface area contributed by atoms with Crippen LogP contribution in [0.4, 0.5) is 0 Å². The molecule has 1 saturated heterocycles. The molecular formula is C11H18N4O. The van der Waals surface area contributed by atoms with Crippen molar-refractivity contribution in [1.29, 1.82) is 0 Å². The van der Waals surface area contributed by atoms with E-state index in [9.17, 15) is 0 Å². The van der Waals surface area contributed by atoms with Crippen molar-refractivity contribution in [2.75, 3.05) is 6.61 Å². The van der Waals surface area contributed by atoms with E-state index < -0.39 is 0 Å². The van der Waals surface area contributed by atoms with Crippen LogP contribution in [0.1, 0.15) is 25.0 Å². The Balaban J connectivity index is 1.54. The first-order valence-electron chi connectivity index (χ1n) is 6.03. The third kappa shape index (κ3) is 2.10. The van der Waals surface area contributed by atoms with E-state index >= 15 is 0 Å². The van der Waals surface area contributed by atoms with Crippen LogP contribution in [0.2, 0.25) is 0 Å². The average molecular weight is 222 g/mol. The zero-order valence-corrected chi connectivity index (χ0v) is 9.59. The minimum atomic E-state index is 0.441. The summed E-state index contributed by atoms with van der Waals surface area (Å²) in [5.41, 5.74) is 1.00. The second-order valence-corrected chi connectivity index (χ2v) is 4.83. The van der Waals surface area contributed by atoms with Gasteiger partial charge in [-0.3, -0.25) is 4.68 Å². The highest BCUT2D eigenvalue weighted by Crippen LogP contribution is 2.38. The van der Waals surface area contributed by atoms with E-state index in [1.807, 2.05) is 13.2 Å². The molecule has 0 radical (unpaired) electrons. The van der Waals surface area contributed by atoms with Crippen LogP contribution >= 0.6 is 0 Å². The lowest BCUT2D eigenvalue weighted by atomic mass is 10.1. The summed E-state index contributed by atoms with van der Waals surface area (Å²) in [6, 6.07) is 0.509. The second kappa shape index (κ2) is 4.14. The molecule has 2 heterocycles. The highest BCUT2D eigenvalue weighted by atomic mass is 16.5. The molecule has 5 nitrogen and oxygen atoms in total. The minimum absolute atomic E-state index is 0.441. The van der Waals surface area contributed by atoms with Crippen LogP contribution in [0.5, 0.6) is 0 Å². The van der Waals surface area contributed by atoms with Crippen molar-refractivity contribution in [2.45, 2.75) is 38.0 Å². The van der Waals surface area contributed by atoms with E-state index in [4.69, 9.17) is 4.74 Å². The molecule has 5 heteroatoms. The Morgan fingerprint density at radius 3 is 3.06 bits per heavy atom. The van der Waals surface area contributed by atoms with Crippen LogP contribution < -0.4 is 5.32 Å². The van der Waals surface area contributed by atoms with Gasteiger partial charge in [-0.2, -0.15) is 0 Å². The number of nitrogens with zero attached hydrogens (tertiary/aromatic N) is 3. The van der Waals surface area contributed by atoms with Crippen LogP contribution in [0, 0.1) is 5.92 Å². The van der Waals surface area contributed by atoms with Gasteiger partial charge in [-0.25, -0.2) is 0 Å². The summed E-state index contributed by atoms with van der Waals surface area (Å²) >= 11 is 0. The fraction of sp³-hybridized carbons (Fsp3) is 0.818. The van der Waals surface area contributed by atoms with Crippen molar-refractivity contribution in [1.82, 2.24) is 20.3 Å². The molecule has 0 amide bonds. The maximum atomic E-state index is 5.78. The Labute approximate surface area is 95.2 Å². The van der Waals surface area contributed by atoms with Gasteiger partial charge in [-0.1, -0.05) is 5.21 Å². The van der Waals surface area contributed by atoms with Gasteiger partial charge in [-0.05, 0) is 25.2 Å². The first kappa shape index (κ1) is 10.2. The lowest BCUT2D eigenvalue weighted by molar-refractivity contribution is 0.0808. The van der Waals surface area contributed by atoms with Gasteiger partial charge >= 0.3 is 0 Å². The standard InChI is InChI=1S/C11H18N4O/c1-15-7-9(13-14-15)6-12-10-4-5-16-11(10)8-2-3-8/h7-8,10-12H,2-6H2,1H3. The number of aromatic nitrogens is 3. The molecule has 0 bridgehead atoms. The van der Waals surface area contributed by atoms with Gasteiger partial charge in [-0.15, -0.1) is 5.10 Å². The van der Waals surface area contributed by atoms with E-state index in [0.29, 0.717) is 12.1 Å². The van der Waals surface area contributed by atoms with Crippen molar-refractivity contribution in [3.63, 3.8) is 0 Å². The third-order valence-electron chi connectivity index (χ3n) is 3.42. The number of hydrogen-bond acceptors (Lipinski definition) is 4. The predicted molar refractivity (Wildman–Crippen MR) is 58.7 cm³/mol. The van der Waals surface area contributed by atoms with Crippen molar-refractivity contribution < 1.29 is 4.74 Å². The molecule has 2 fully saturated rings. The van der Waals surface area contributed by atoms with Gasteiger partial charge in [0.25, 0.3) is 0 Å². The molecule has 1 aliphatic heterocycles. The van der Waals surface area contributed by atoms with Crippen molar-refractivity contribution in [2.24, 2.45) is 13.0 Å². The van der Waals surface area contributed by atoms with Gasteiger partial charge in [0.15, 0.2) is 0 Å². The van der Waals surface area contributed by atoms with Crippen LogP contribution in [-0.2, 0) is 18.3 Å². The first-order chi connectivity index (χ1) is 7.83. The summed E-state index contributed by atoms with van der Waals surface area (Å²) < 4.78 is 7.52. The molecule has 1 aliphatic carbocycles. The summed E-state index contributed by atoms with van der Waals surface area (Å²) in [7, 11) is 1.89. The summed E-state index contributed by atoms with van der Waals surface area (Å²) in [5, 5.41) is 11.5. The summed E-state index contributed by atoms with van der Waals surface area (Å²) in [4.78, 5) is 0. The minimum Gasteiger partial charge on any atom is -0.376 e. The molecule has 88 valence electrons. The first-order valence-corrected chi connectivity index (χ1v) is 6.03. The highest BCUT2D eigenvalue weighted by Gasteiger charge is 2.40. The lowest BCUT2D eigenvalue weighted by Gasteiger charge is -2.18. The zero-order valence-electron chi connectivity index (χ0n) is 9.59. The van der Waals surface area contributed by atoms with Crippen LogP contribution in [-0.4, -0.2) is 33.7 Å². The molecule has 1 aromatic heterocycles. The molecule has 3 rings (SSSR count).